The van der Waals surface area contributed by atoms with Crippen molar-refractivity contribution in [3.63, 3.8) is 0 Å². The molecule has 0 bridgehead atoms. The highest BCUT2D eigenvalue weighted by atomic mass is 16.1. The Morgan fingerprint density at radius 3 is 2.38 bits per heavy atom. The standard InChI is InChI=1S/C22H27N3O/c26-22-14-17-6-3-7-21(17)24-25(22)20-10-8-18(9-11-20)23-19-12-15-4-1-2-5-16(15)13-19/h1-2,4-5,14,18-20,23H,3,6-13H2. The molecule has 0 amide bonds. The molecule has 1 fully saturated rings. The summed E-state index contributed by atoms with van der Waals surface area (Å²) in [4.78, 5) is 12.4. The zero-order valence-corrected chi connectivity index (χ0v) is 15.3. The molecule has 1 saturated carbocycles. The smallest absolute Gasteiger partial charge is 0.267 e. The van der Waals surface area contributed by atoms with Crippen molar-refractivity contribution in [2.24, 2.45) is 0 Å². The molecular weight excluding hydrogens is 322 g/mol. The largest absolute Gasteiger partial charge is 0.311 e. The van der Waals surface area contributed by atoms with Crippen molar-refractivity contribution in [1.82, 2.24) is 15.1 Å². The van der Waals surface area contributed by atoms with E-state index in [0.29, 0.717) is 12.1 Å². The topological polar surface area (TPSA) is 46.9 Å². The van der Waals surface area contributed by atoms with Gasteiger partial charge < -0.3 is 5.32 Å². The number of nitrogens with one attached hydrogen (secondary N) is 1. The van der Waals surface area contributed by atoms with Crippen LogP contribution < -0.4 is 10.9 Å². The first-order valence-electron chi connectivity index (χ1n) is 10.2. The van der Waals surface area contributed by atoms with Crippen LogP contribution in [-0.2, 0) is 25.7 Å². The predicted molar refractivity (Wildman–Crippen MR) is 103 cm³/mol. The lowest BCUT2D eigenvalue weighted by molar-refractivity contribution is 0.255. The van der Waals surface area contributed by atoms with Gasteiger partial charge in [-0.2, -0.15) is 5.10 Å². The van der Waals surface area contributed by atoms with Crippen LogP contribution in [0, 0.1) is 0 Å². The molecular formula is C22H27N3O. The van der Waals surface area contributed by atoms with Crippen molar-refractivity contribution in [2.75, 3.05) is 0 Å². The molecule has 1 aromatic carbocycles. The van der Waals surface area contributed by atoms with Gasteiger partial charge in [-0.3, -0.25) is 4.79 Å². The average Bonchev–Trinajstić information content (AvgIpc) is 3.27. The molecule has 1 heterocycles. The molecule has 0 spiro atoms. The summed E-state index contributed by atoms with van der Waals surface area (Å²) in [5.74, 6) is 0. The Balaban J connectivity index is 1.20. The van der Waals surface area contributed by atoms with E-state index in [1.54, 1.807) is 4.68 Å². The van der Waals surface area contributed by atoms with Gasteiger partial charge in [0.05, 0.1) is 11.7 Å². The van der Waals surface area contributed by atoms with E-state index in [1.807, 2.05) is 6.07 Å². The molecule has 26 heavy (non-hydrogen) atoms. The van der Waals surface area contributed by atoms with Gasteiger partial charge in [0.15, 0.2) is 0 Å². The van der Waals surface area contributed by atoms with Gasteiger partial charge in [-0.1, -0.05) is 24.3 Å². The van der Waals surface area contributed by atoms with Gasteiger partial charge in [0.1, 0.15) is 0 Å². The van der Waals surface area contributed by atoms with Crippen molar-refractivity contribution >= 4 is 0 Å². The SMILES string of the molecule is O=c1cc2c(nn1C1CCC(NC3Cc4ccccc4C3)CC1)CCC2. The Morgan fingerprint density at radius 2 is 1.65 bits per heavy atom. The fourth-order valence-corrected chi connectivity index (χ4v) is 5.17. The van der Waals surface area contributed by atoms with Gasteiger partial charge in [0.25, 0.3) is 5.56 Å². The maximum atomic E-state index is 12.4. The number of nitrogens with zero attached hydrogens (tertiary/aromatic N) is 2. The Hall–Kier alpha value is -1.94. The third-order valence-corrected chi connectivity index (χ3v) is 6.55. The predicted octanol–water partition coefficient (Wildman–Crippen LogP) is 2.97. The van der Waals surface area contributed by atoms with E-state index in [4.69, 9.17) is 5.10 Å². The Bertz CT molecular complexity index is 839. The van der Waals surface area contributed by atoms with Crippen molar-refractivity contribution in [2.45, 2.75) is 75.9 Å². The zero-order valence-electron chi connectivity index (χ0n) is 15.3. The van der Waals surface area contributed by atoms with Gasteiger partial charge >= 0.3 is 0 Å². The van der Waals surface area contributed by atoms with Crippen LogP contribution in [0.25, 0.3) is 0 Å². The van der Waals surface area contributed by atoms with Crippen molar-refractivity contribution in [1.29, 1.82) is 0 Å². The molecule has 0 saturated heterocycles. The van der Waals surface area contributed by atoms with Crippen LogP contribution in [0.3, 0.4) is 0 Å². The molecule has 2 aromatic rings. The molecule has 3 aliphatic rings. The third-order valence-electron chi connectivity index (χ3n) is 6.55. The minimum absolute atomic E-state index is 0.105. The molecule has 4 heteroatoms. The average molecular weight is 349 g/mol. The highest BCUT2D eigenvalue weighted by Gasteiger charge is 2.28. The lowest BCUT2D eigenvalue weighted by Crippen LogP contribution is -2.42. The Labute approximate surface area is 154 Å². The summed E-state index contributed by atoms with van der Waals surface area (Å²) in [6.07, 6.45) is 9.92. The summed E-state index contributed by atoms with van der Waals surface area (Å²) < 4.78 is 1.80. The molecule has 3 aliphatic carbocycles. The summed E-state index contributed by atoms with van der Waals surface area (Å²) >= 11 is 0. The van der Waals surface area contributed by atoms with E-state index < -0.39 is 0 Å². The molecule has 0 radical (unpaired) electrons. The lowest BCUT2D eigenvalue weighted by atomic mass is 9.90. The second kappa shape index (κ2) is 6.66. The maximum Gasteiger partial charge on any atom is 0.267 e. The summed E-state index contributed by atoms with van der Waals surface area (Å²) in [7, 11) is 0. The first kappa shape index (κ1) is 16.2. The van der Waals surface area contributed by atoms with Gasteiger partial charge in [-0.25, -0.2) is 4.68 Å². The summed E-state index contributed by atoms with van der Waals surface area (Å²) in [6, 6.07) is 12.1. The number of benzene rings is 1. The van der Waals surface area contributed by atoms with Gasteiger partial charge in [0, 0.05) is 18.2 Å². The van der Waals surface area contributed by atoms with E-state index in [9.17, 15) is 4.79 Å². The first-order chi connectivity index (χ1) is 12.8. The minimum atomic E-state index is 0.105. The molecule has 0 unspecified atom stereocenters. The Kier molecular flexibility index (Phi) is 4.16. The first-order valence-corrected chi connectivity index (χ1v) is 10.2. The number of aromatic nitrogens is 2. The normalized spacial score (nSPS) is 25.2. The molecule has 4 nitrogen and oxygen atoms in total. The fraction of sp³-hybridized carbons (Fsp3) is 0.545. The molecule has 136 valence electrons. The van der Waals surface area contributed by atoms with Crippen LogP contribution in [0.1, 0.15) is 60.5 Å². The van der Waals surface area contributed by atoms with E-state index in [-0.39, 0.29) is 11.6 Å². The third kappa shape index (κ3) is 3.01. The van der Waals surface area contributed by atoms with Crippen LogP contribution in [0.2, 0.25) is 0 Å². The highest BCUT2D eigenvalue weighted by molar-refractivity contribution is 5.33. The molecule has 1 aromatic heterocycles. The lowest BCUT2D eigenvalue weighted by Gasteiger charge is -2.31. The summed E-state index contributed by atoms with van der Waals surface area (Å²) in [6.45, 7) is 0. The van der Waals surface area contributed by atoms with E-state index in [1.165, 1.54) is 16.7 Å². The van der Waals surface area contributed by atoms with Crippen LogP contribution in [0.4, 0.5) is 0 Å². The van der Waals surface area contributed by atoms with Crippen LogP contribution in [0.15, 0.2) is 35.1 Å². The van der Waals surface area contributed by atoms with E-state index >= 15 is 0 Å². The highest BCUT2D eigenvalue weighted by Crippen LogP contribution is 2.30. The summed E-state index contributed by atoms with van der Waals surface area (Å²) in [5.41, 5.74) is 5.46. The quantitative estimate of drug-likeness (QED) is 0.927. The second-order valence-corrected chi connectivity index (χ2v) is 8.30. The van der Waals surface area contributed by atoms with Crippen molar-refractivity contribution < 1.29 is 0 Å². The van der Waals surface area contributed by atoms with E-state index in [2.05, 4.69) is 29.6 Å². The molecule has 0 atom stereocenters. The number of hydrogen-bond acceptors (Lipinski definition) is 3. The van der Waals surface area contributed by atoms with Crippen LogP contribution in [0.5, 0.6) is 0 Å². The van der Waals surface area contributed by atoms with Gasteiger partial charge in [-0.05, 0) is 74.5 Å². The summed E-state index contributed by atoms with van der Waals surface area (Å²) in [5, 5.41) is 8.60. The number of rotatable bonds is 3. The van der Waals surface area contributed by atoms with E-state index in [0.717, 1.165) is 63.5 Å². The number of hydrogen-bond donors (Lipinski definition) is 1. The monoisotopic (exact) mass is 349 g/mol. The zero-order chi connectivity index (χ0) is 17.5. The molecule has 5 rings (SSSR count). The van der Waals surface area contributed by atoms with Crippen molar-refractivity contribution in [3.8, 4) is 0 Å². The van der Waals surface area contributed by atoms with Gasteiger partial charge in [0.2, 0.25) is 0 Å². The second-order valence-electron chi connectivity index (χ2n) is 8.30. The maximum absolute atomic E-state index is 12.4. The minimum Gasteiger partial charge on any atom is -0.311 e. The van der Waals surface area contributed by atoms with Crippen LogP contribution >= 0.6 is 0 Å². The van der Waals surface area contributed by atoms with Crippen molar-refractivity contribution in [3.05, 3.63) is 63.1 Å². The fourth-order valence-electron chi connectivity index (χ4n) is 5.17. The number of aryl methyl sites for hydroxylation is 2. The Morgan fingerprint density at radius 1 is 0.923 bits per heavy atom. The molecule has 0 aliphatic heterocycles. The van der Waals surface area contributed by atoms with Crippen LogP contribution in [-0.4, -0.2) is 21.9 Å². The van der Waals surface area contributed by atoms with Gasteiger partial charge in [-0.15, -0.1) is 0 Å². The number of fused-ring (bicyclic) bond motifs is 2. The molecule has 1 N–H and O–H groups in total.